The molecule has 0 bridgehead atoms. The van der Waals surface area contributed by atoms with E-state index in [0.29, 0.717) is 33.6 Å². The summed E-state index contributed by atoms with van der Waals surface area (Å²) < 4.78 is 19.1. The maximum atomic E-state index is 13.6. The maximum absolute atomic E-state index is 13.6. The summed E-state index contributed by atoms with van der Waals surface area (Å²) in [4.78, 5) is 11.1. The predicted molar refractivity (Wildman–Crippen MR) is 72.0 cm³/mol. The van der Waals surface area contributed by atoms with Crippen molar-refractivity contribution in [1.29, 1.82) is 0 Å². The highest BCUT2D eigenvalue weighted by Gasteiger charge is 2.12. The average Bonchev–Trinajstić information content (AvgIpc) is 2.83. The molecule has 0 spiro atoms. The highest BCUT2D eigenvalue weighted by atomic mass is 35.5. The van der Waals surface area contributed by atoms with Gasteiger partial charge in [0, 0.05) is 21.5 Å². The van der Waals surface area contributed by atoms with Gasteiger partial charge in [0.25, 0.3) is 0 Å². The van der Waals surface area contributed by atoms with E-state index >= 15 is 0 Å². The molecule has 0 N–H and O–H groups in total. The minimum absolute atomic E-state index is 0.185. The Bertz CT molecular complexity index is 777. The van der Waals surface area contributed by atoms with Crippen LogP contribution in [0.15, 0.2) is 46.9 Å². The molecule has 1 heterocycles. The summed E-state index contributed by atoms with van der Waals surface area (Å²) in [6.07, 6.45) is 0.699. The first-order valence-corrected chi connectivity index (χ1v) is 6.00. The van der Waals surface area contributed by atoms with Crippen molar-refractivity contribution in [3.8, 4) is 11.3 Å². The summed E-state index contributed by atoms with van der Waals surface area (Å²) in [5.41, 5.74) is 1.19. The molecule has 0 unspecified atom stereocenters. The molecule has 0 amide bonds. The Labute approximate surface area is 113 Å². The van der Waals surface area contributed by atoms with E-state index in [0.717, 1.165) is 0 Å². The molecule has 2 nitrogen and oxygen atoms in total. The first-order chi connectivity index (χ1) is 9.19. The predicted octanol–water partition coefficient (Wildman–Crippen LogP) is 4.70. The van der Waals surface area contributed by atoms with Gasteiger partial charge >= 0.3 is 0 Å². The molecule has 3 rings (SSSR count). The number of furan rings is 1. The van der Waals surface area contributed by atoms with E-state index in [2.05, 4.69) is 0 Å². The molecular formula is C15H8ClFO2. The lowest BCUT2D eigenvalue weighted by Crippen LogP contribution is -1.85. The molecule has 94 valence electrons. The van der Waals surface area contributed by atoms with Crippen LogP contribution in [-0.4, -0.2) is 6.29 Å². The van der Waals surface area contributed by atoms with Crippen molar-refractivity contribution in [1.82, 2.24) is 0 Å². The maximum Gasteiger partial charge on any atom is 0.170 e. The largest absolute Gasteiger partial charge is 0.453 e. The van der Waals surface area contributed by atoms with E-state index in [1.54, 1.807) is 36.4 Å². The normalized spacial score (nSPS) is 10.8. The van der Waals surface area contributed by atoms with E-state index in [4.69, 9.17) is 16.0 Å². The minimum atomic E-state index is -0.426. The number of carbonyl (C=O) groups excluding carboxylic acids is 1. The van der Waals surface area contributed by atoms with Crippen molar-refractivity contribution in [2.24, 2.45) is 0 Å². The van der Waals surface area contributed by atoms with Crippen LogP contribution in [0.1, 0.15) is 10.4 Å². The number of aldehydes is 1. The molecule has 0 aliphatic rings. The number of fused-ring (bicyclic) bond motifs is 1. The first-order valence-electron chi connectivity index (χ1n) is 5.62. The number of rotatable bonds is 2. The number of benzene rings is 2. The van der Waals surface area contributed by atoms with Crippen LogP contribution in [0.25, 0.3) is 22.3 Å². The van der Waals surface area contributed by atoms with Gasteiger partial charge in [-0.15, -0.1) is 0 Å². The van der Waals surface area contributed by atoms with Crippen molar-refractivity contribution < 1.29 is 13.6 Å². The Morgan fingerprint density at radius 1 is 1.16 bits per heavy atom. The zero-order valence-corrected chi connectivity index (χ0v) is 10.4. The van der Waals surface area contributed by atoms with Crippen LogP contribution in [0.2, 0.25) is 5.02 Å². The van der Waals surface area contributed by atoms with Gasteiger partial charge in [0.15, 0.2) is 17.7 Å². The van der Waals surface area contributed by atoms with Crippen molar-refractivity contribution in [3.05, 3.63) is 58.9 Å². The second kappa shape index (κ2) is 4.52. The number of hydrogen-bond donors (Lipinski definition) is 0. The highest BCUT2D eigenvalue weighted by molar-refractivity contribution is 6.31. The molecule has 0 saturated heterocycles. The van der Waals surface area contributed by atoms with Crippen molar-refractivity contribution in [2.45, 2.75) is 0 Å². The van der Waals surface area contributed by atoms with Gasteiger partial charge in [0.05, 0.1) is 0 Å². The van der Waals surface area contributed by atoms with Gasteiger partial charge in [-0.2, -0.15) is 0 Å². The molecule has 3 aromatic rings. The summed E-state index contributed by atoms with van der Waals surface area (Å²) in [5.74, 6) is 0.0178. The quantitative estimate of drug-likeness (QED) is 0.634. The molecule has 0 aliphatic heterocycles. The van der Waals surface area contributed by atoms with Gasteiger partial charge in [-0.25, -0.2) is 4.39 Å². The second-order valence-corrected chi connectivity index (χ2v) is 4.55. The van der Waals surface area contributed by atoms with Crippen molar-refractivity contribution >= 4 is 28.9 Å². The van der Waals surface area contributed by atoms with Gasteiger partial charge in [0.2, 0.25) is 0 Å². The van der Waals surface area contributed by atoms with Crippen molar-refractivity contribution in [3.63, 3.8) is 0 Å². The van der Waals surface area contributed by atoms with Gasteiger partial charge < -0.3 is 4.42 Å². The molecule has 0 fully saturated rings. The Hall–Kier alpha value is -2.13. The molecule has 19 heavy (non-hydrogen) atoms. The molecule has 0 saturated carbocycles. The van der Waals surface area contributed by atoms with Crippen LogP contribution in [0, 0.1) is 5.82 Å². The Morgan fingerprint density at radius 3 is 2.74 bits per heavy atom. The number of halogens is 2. The fourth-order valence-electron chi connectivity index (χ4n) is 2.02. The SMILES string of the molecule is O=Cc1cc(Cl)ccc1-c1cc2cccc(F)c2o1. The van der Waals surface area contributed by atoms with Crippen molar-refractivity contribution in [2.75, 3.05) is 0 Å². The number of para-hydroxylation sites is 1. The Balaban J connectivity index is 2.24. The monoisotopic (exact) mass is 274 g/mol. The summed E-state index contributed by atoms with van der Waals surface area (Å²) in [6.45, 7) is 0. The summed E-state index contributed by atoms with van der Waals surface area (Å²) in [6, 6.07) is 11.3. The van der Waals surface area contributed by atoms with E-state index in [-0.39, 0.29) is 5.58 Å². The van der Waals surface area contributed by atoms with Crippen LogP contribution >= 0.6 is 11.6 Å². The molecule has 1 aromatic heterocycles. The zero-order chi connectivity index (χ0) is 13.4. The van der Waals surface area contributed by atoms with Gasteiger partial charge in [0.1, 0.15) is 5.76 Å². The molecule has 2 aromatic carbocycles. The topological polar surface area (TPSA) is 30.2 Å². The molecule has 0 atom stereocenters. The average molecular weight is 275 g/mol. The van der Waals surface area contributed by atoms with E-state index in [9.17, 15) is 9.18 Å². The van der Waals surface area contributed by atoms with Crippen LogP contribution in [-0.2, 0) is 0 Å². The Morgan fingerprint density at radius 2 is 2.00 bits per heavy atom. The summed E-state index contributed by atoms with van der Waals surface area (Å²) >= 11 is 5.84. The third-order valence-corrected chi connectivity index (χ3v) is 3.14. The van der Waals surface area contributed by atoms with Crippen LogP contribution in [0.3, 0.4) is 0 Å². The standard InChI is InChI=1S/C15H8ClFO2/c16-11-4-5-12(10(6-11)8-18)14-7-9-2-1-3-13(17)15(9)19-14/h1-8H. The molecular weight excluding hydrogens is 267 g/mol. The second-order valence-electron chi connectivity index (χ2n) is 4.12. The number of carbonyl (C=O) groups is 1. The highest BCUT2D eigenvalue weighted by Crippen LogP contribution is 2.31. The van der Waals surface area contributed by atoms with Gasteiger partial charge in [-0.05, 0) is 30.3 Å². The van der Waals surface area contributed by atoms with Crippen LogP contribution in [0.5, 0.6) is 0 Å². The lowest BCUT2D eigenvalue weighted by Gasteiger charge is -2.01. The summed E-state index contributed by atoms with van der Waals surface area (Å²) in [7, 11) is 0. The molecule has 0 aliphatic carbocycles. The first kappa shape index (κ1) is 11.9. The fraction of sp³-hybridized carbons (Fsp3) is 0. The fourth-order valence-corrected chi connectivity index (χ4v) is 2.20. The number of hydrogen-bond acceptors (Lipinski definition) is 2. The van der Waals surface area contributed by atoms with E-state index < -0.39 is 5.82 Å². The smallest absolute Gasteiger partial charge is 0.170 e. The lowest BCUT2D eigenvalue weighted by molar-refractivity contribution is 0.112. The van der Waals surface area contributed by atoms with Gasteiger partial charge in [-0.1, -0.05) is 23.7 Å². The minimum Gasteiger partial charge on any atom is -0.453 e. The third-order valence-electron chi connectivity index (χ3n) is 2.90. The van der Waals surface area contributed by atoms with E-state index in [1.807, 2.05) is 0 Å². The van der Waals surface area contributed by atoms with Crippen LogP contribution in [0.4, 0.5) is 4.39 Å². The van der Waals surface area contributed by atoms with Gasteiger partial charge in [-0.3, -0.25) is 4.79 Å². The lowest BCUT2D eigenvalue weighted by atomic mass is 10.1. The molecule has 4 heteroatoms. The summed E-state index contributed by atoms with van der Waals surface area (Å²) in [5, 5.41) is 1.12. The Kier molecular flexibility index (Phi) is 2.84. The molecule has 0 radical (unpaired) electrons. The third kappa shape index (κ3) is 2.02. The zero-order valence-electron chi connectivity index (χ0n) is 9.69. The van der Waals surface area contributed by atoms with E-state index in [1.165, 1.54) is 6.07 Å². The van der Waals surface area contributed by atoms with Crippen LogP contribution < -0.4 is 0 Å².